The second-order valence-electron chi connectivity index (χ2n) is 6.23. The Balaban J connectivity index is 2.05. The number of nitrogens with zero attached hydrogens (tertiary/aromatic N) is 1. The zero-order valence-electron chi connectivity index (χ0n) is 16.0. The van der Waals surface area contributed by atoms with Gasteiger partial charge in [0, 0.05) is 24.4 Å². The second kappa shape index (κ2) is 9.47. The number of benzene rings is 3. The van der Waals surface area contributed by atoms with Crippen LogP contribution in [0.3, 0.4) is 0 Å². The van der Waals surface area contributed by atoms with Crippen LogP contribution in [-0.4, -0.2) is 19.2 Å². The van der Waals surface area contributed by atoms with Crippen LogP contribution in [0.2, 0.25) is 0 Å². The number of rotatable bonds is 6. The Labute approximate surface area is 177 Å². The summed E-state index contributed by atoms with van der Waals surface area (Å²) < 4.78 is 26.7. The molecule has 0 heterocycles. The van der Waals surface area contributed by atoms with Crippen molar-refractivity contribution in [2.24, 2.45) is 4.99 Å². The van der Waals surface area contributed by atoms with E-state index in [9.17, 15) is 9.18 Å². The molecular formula is C23H19BrFNO3. The lowest BCUT2D eigenvalue weighted by Crippen LogP contribution is -2.16. The van der Waals surface area contributed by atoms with Gasteiger partial charge in [-0.15, -0.1) is 0 Å². The minimum atomic E-state index is -0.698. The first-order valence-electron chi connectivity index (χ1n) is 8.90. The highest BCUT2D eigenvalue weighted by atomic mass is 79.9. The smallest absolute Gasteiger partial charge is 0.347 e. The molecule has 0 atom stereocenters. The Morgan fingerprint density at radius 2 is 1.72 bits per heavy atom. The third kappa shape index (κ3) is 4.71. The molecule has 0 aliphatic rings. The van der Waals surface area contributed by atoms with Crippen LogP contribution in [0.25, 0.3) is 0 Å². The highest BCUT2D eigenvalue weighted by Crippen LogP contribution is 2.38. The number of halogens is 2. The van der Waals surface area contributed by atoms with E-state index in [1.165, 1.54) is 13.1 Å². The van der Waals surface area contributed by atoms with E-state index in [1.54, 1.807) is 31.3 Å². The number of hydrogen-bond acceptors (Lipinski definition) is 4. The van der Waals surface area contributed by atoms with E-state index in [1.807, 2.05) is 36.4 Å². The lowest BCUT2D eigenvalue weighted by Gasteiger charge is -2.18. The fourth-order valence-electron chi connectivity index (χ4n) is 2.81. The molecule has 0 unspecified atom stereocenters. The molecule has 0 amide bonds. The summed E-state index contributed by atoms with van der Waals surface area (Å²) in [4.78, 5) is 16.8. The fourth-order valence-corrected chi connectivity index (χ4v) is 3.40. The third-order valence-electron chi connectivity index (χ3n) is 4.25. The summed E-state index contributed by atoms with van der Waals surface area (Å²) in [5.74, 6) is -0.684. The maximum Gasteiger partial charge on any atom is 0.347 e. The molecule has 0 saturated heterocycles. The van der Waals surface area contributed by atoms with Gasteiger partial charge >= 0.3 is 5.97 Å². The number of ether oxygens (including phenoxy) is 2. The van der Waals surface area contributed by atoms with Crippen molar-refractivity contribution in [1.82, 2.24) is 0 Å². The molecule has 3 aromatic carbocycles. The minimum absolute atomic E-state index is 0.0300. The van der Waals surface area contributed by atoms with E-state index in [4.69, 9.17) is 9.47 Å². The number of carbonyl (C=O) groups is 1. The Bertz CT molecular complexity index is 1040. The van der Waals surface area contributed by atoms with Crippen LogP contribution >= 0.6 is 15.9 Å². The molecule has 0 N–H and O–H groups in total. The molecule has 0 aromatic heterocycles. The second-order valence-corrected chi connectivity index (χ2v) is 7.03. The normalized spacial score (nSPS) is 10.9. The molecule has 0 fully saturated rings. The Morgan fingerprint density at radius 3 is 2.34 bits per heavy atom. The summed E-state index contributed by atoms with van der Waals surface area (Å²) in [6.07, 6.45) is 1.38. The first-order chi connectivity index (χ1) is 14.0. The highest BCUT2D eigenvalue weighted by Gasteiger charge is 2.27. The van der Waals surface area contributed by atoms with Gasteiger partial charge in [-0.2, -0.15) is 0 Å². The first-order valence-corrected chi connectivity index (χ1v) is 9.70. The molecular weight excluding hydrogens is 437 g/mol. The average molecular weight is 456 g/mol. The molecule has 148 valence electrons. The summed E-state index contributed by atoms with van der Waals surface area (Å²) in [6, 6.07) is 18.1. The third-order valence-corrected chi connectivity index (χ3v) is 5.03. The molecule has 4 nitrogen and oxygen atoms in total. The lowest BCUT2D eigenvalue weighted by atomic mass is 10.0. The SMILES string of the molecule is CN=Cc1c(F)c(C)c(C(=O)Oc2ccccc2)c(OCc2ccccc2)c1Br. The van der Waals surface area contributed by atoms with Gasteiger partial charge in [-0.25, -0.2) is 9.18 Å². The van der Waals surface area contributed by atoms with Crippen LogP contribution in [0.4, 0.5) is 4.39 Å². The topological polar surface area (TPSA) is 47.9 Å². The summed E-state index contributed by atoms with van der Waals surface area (Å²) in [5.41, 5.74) is 1.29. The van der Waals surface area contributed by atoms with Gasteiger partial charge in [0.2, 0.25) is 0 Å². The van der Waals surface area contributed by atoms with Gasteiger partial charge in [-0.05, 0) is 40.5 Å². The molecule has 3 aromatic rings. The van der Waals surface area contributed by atoms with Crippen molar-refractivity contribution in [1.29, 1.82) is 0 Å². The molecule has 0 radical (unpaired) electrons. The molecule has 0 spiro atoms. The van der Waals surface area contributed by atoms with Crippen LogP contribution in [0.5, 0.6) is 11.5 Å². The van der Waals surface area contributed by atoms with Crippen molar-refractivity contribution in [2.75, 3.05) is 7.05 Å². The molecule has 0 aliphatic carbocycles. The molecule has 6 heteroatoms. The zero-order chi connectivity index (χ0) is 20.8. The van der Waals surface area contributed by atoms with Gasteiger partial charge in [0.1, 0.15) is 29.5 Å². The van der Waals surface area contributed by atoms with Crippen LogP contribution in [0.15, 0.2) is 70.1 Å². The predicted molar refractivity (Wildman–Crippen MR) is 115 cm³/mol. The van der Waals surface area contributed by atoms with Crippen LogP contribution in [0.1, 0.15) is 27.0 Å². The summed E-state index contributed by atoms with van der Waals surface area (Å²) >= 11 is 3.38. The van der Waals surface area contributed by atoms with Gasteiger partial charge in [-0.3, -0.25) is 4.99 Å². The average Bonchev–Trinajstić information content (AvgIpc) is 2.74. The van der Waals surface area contributed by atoms with Crippen molar-refractivity contribution in [3.8, 4) is 11.5 Å². The molecule has 3 rings (SSSR count). The van der Waals surface area contributed by atoms with Crippen molar-refractivity contribution < 1.29 is 18.7 Å². The first kappa shape index (κ1) is 20.7. The lowest BCUT2D eigenvalue weighted by molar-refractivity contribution is 0.0728. The maximum atomic E-state index is 15.0. The number of esters is 1. The van der Waals surface area contributed by atoms with E-state index in [-0.39, 0.29) is 29.0 Å². The Hall–Kier alpha value is -2.99. The van der Waals surface area contributed by atoms with Crippen molar-refractivity contribution in [2.45, 2.75) is 13.5 Å². The van der Waals surface area contributed by atoms with E-state index in [0.717, 1.165) is 5.56 Å². The zero-order valence-corrected chi connectivity index (χ0v) is 17.6. The van der Waals surface area contributed by atoms with E-state index < -0.39 is 11.8 Å². The molecule has 29 heavy (non-hydrogen) atoms. The quantitative estimate of drug-likeness (QED) is 0.270. The highest BCUT2D eigenvalue weighted by molar-refractivity contribution is 9.10. The van der Waals surface area contributed by atoms with Gasteiger partial charge < -0.3 is 9.47 Å². The van der Waals surface area contributed by atoms with Crippen LogP contribution in [0, 0.1) is 12.7 Å². The van der Waals surface area contributed by atoms with Crippen molar-refractivity contribution in [3.05, 3.63) is 93.2 Å². The monoisotopic (exact) mass is 455 g/mol. The number of carbonyl (C=O) groups excluding carboxylic acids is 1. The largest absolute Gasteiger partial charge is 0.487 e. The van der Waals surface area contributed by atoms with Gasteiger partial charge in [0.15, 0.2) is 0 Å². The Morgan fingerprint density at radius 1 is 1.10 bits per heavy atom. The van der Waals surface area contributed by atoms with Crippen molar-refractivity contribution >= 4 is 28.1 Å². The summed E-state index contributed by atoms with van der Waals surface area (Å²) in [7, 11) is 1.54. The van der Waals surface area contributed by atoms with Gasteiger partial charge in [-0.1, -0.05) is 48.5 Å². The number of para-hydroxylation sites is 1. The maximum absolute atomic E-state index is 15.0. The van der Waals surface area contributed by atoms with Gasteiger partial charge in [0.25, 0.3) is 0 Å². The van der Waals surface area contributed by atoms with Gasteiger partial charge in [0.05, 0.1) is 4.47 Å². The standard InChI is InChI=1S/C23H19BrFNO3/c1-15-19(23(27)29-17-11-7-4-8-12-17)22(20(24)18(13-26-2)21(15)25)28-14-16-9-5-3-6-10-16/h3-13H,14H2,1-2H3. The number of aliphatic imine (C=N–C) groups is 1. The van der Waals surface area contributed by atoms with Crippen LogP contribution in [-0.2, 0) is 6.61 Å². The van der Waals surface area contributed by atoms with E-state index in [0.29, 0.717) is 10.2 Å². The molecule has 0 aliphatic heterocycles. The van der Waals surface area contributed by atoms with Crippen LogP contribution < -0.4 is 9.47 Å². The van der Waals surface area contributed by atoms with Crippen molar-refractivity contribution in [3.63, 3.8) is 0 Å². The minimum Gasteiger partial charge on any atom is -0.487 e. The van der Waals surface area contributed by atoms with E-state index in [2.05, 4.69) is 20.9 Å². The van der Waals surface area contributed by atoms with E-state index >= 15 is 0 Å². The Kier molecular flexibility index (Phi) is 6.77. The molecule has 0 saturated carbocycles. The fraction of sp³-hybridized carbons (Fsp3) is 0.130. The summed E-state index contributed by atoms with van der Waals surface area (Å²) in [5, 5.41) is 0. The number of hydrogen-bond donors (Lipinski definition) is 0. The summed E-state index contributed by atoms with van der Waals surface area (Å²) in [6.45, 7) is 1.73. The predicted octanol–water partition coefficient (Wildman–Crippen LogP) is 5.74. The molecule has 0 bridgehead atoms.